The summed E-state index contributed by atoms with van der Waals surface area (Å²) in [6.45, 7) is 11.2. The standard InChI is InChI=1S/C35H44ClFN8O5/c1-20-18-43(19-21(2)45(20)33(48)50-34(3,4)5)23-11-25(36)28(38-16-23)14-30(46)40-22-7-10-44(35(15-22)8-9-35)32(47)29-13-27(41-42-29)24-12-31(49-6)39-17-26(24)37/h11-13,16-17,20-22H,7-10,14-15,18-19H2,1-6H3,(H,40,46)(H,41,42)/t20?,21?,22-/m0/s1. The highest BCUT2D eigenvalue weighted by atomic mass is 35.5. The van der Waals surface area contributed by atoms with E-state index in [-0.39, 0.29) is 70.8 Å². The molecule has 15 heteroatoms. The molecule has 2 saturated heterocycles. The molecule has 2 aliphatic heterocycles. The van der Waals surface area contributed by atoms with E-state index in [0.29, 0.717) is 43.2 Å². The predicted molar refractivity (Wildman–Crippen MR) is 185 cm³/mol. The maximum atomic E-state index is 14.5. The monoisotopic (exact) mass is 710 g/mol. The smallest absolute Gasteiger partial charge is 0.410 e. The molecule has 50 heavy (non-hydrogen) atoms. The van der Waals surface area contributed by atoms with Gasteiger partial charge >= 0.3 is 6.09 Å². The molecule has 3 fully saturated rings. The van der Waals surface area contributed by atoms with Gasteiger partial charge < -0.3 is 24.6 Å². The molecular formula is C35H44ClFN8O5. The first-order chi connectivity index (χ1) is 23.7. The fraction of sp³-hybridized carbons (Fsp3) is 0.543. The number of nitrogens with zero attached hydrogens (tertiary/aromatic N) is 6. The van der Waals surface area contributed by atoms with Crippen LogP contribution in [0.4, 0.5) is 14.9 Å². The topological polar surface area (TPSA) is 146 Å². The minimum atomic E-state index is -0.574. The number of carbonyl (C=O) groups is 3. The molecule has 2 unspecified atom stereocenters. The number of aromatic nitrogens is 4. The van der Waals surface area contributed by atoms with Crippen molar-refractivity contribution in [1.82, 2.24) is 35.3 Å². The van der Waals surface area contributed by atoms with Crippen LogP contribution >= 0.6 is 11.6 Å². The summed E-state index contributed by atoms with van der Waals surface area (Å²) in [5, 5.41) is 10.5. The first-order valence-electron chi connectivity index (χ1n) is 16.9. The summed E-state index contributed by atoms with van der Waals surface area (Å²) in [5.74, 6) is -0.726. The molecule has 268 valence electrons. The fourth-order valence-corrected chi connectivity index (χ4v) is 7.32. The lowest BCUT2D eigenvalue weighted by molar-refractivity contribution is -0.121. The van der Waals surface area contributed by atoms with Crippen molar-refractivity contribution in [2.75, 3.05) is 31.6 Å². The van der Waals surface area contributed by atoms with E-state index in [1.165, 1.54) is 19.2 Å². The van der Waals surface area contributed by atoms with Gasteiger partial charge in [-0.1, -0.05) is 11.6 Å². The van der Waals surface area contributed by atoms with Crippen molar-refractivity contribution in [1.29, 1.82) is 0 Å². The second kappa shape index (κ2) is 13.7. The lowest BCUT2D eigenvalue weighted by atomic mass is 9.94. The zero-order valence-corrected chi connectivity index (χ0v) is 30.0. The number of hydrogen-bond acceptors (Lipinski definition) is 9. The van der Waals surface area contributed by atoms with Gasteiger partial charge in [0, 0.05) is 42.8 Å². The third-order valence-corrected chi connectivity index (χ3v) is 9.91. The maximum Gasteiger partial charge on any atom is 0.410 e. The molecule has 5 heterocycles. The number of anilines is 1. The number of aromatic amines is 1. The van der Waals surface area contributed by atoms with Gasteiger partial charge in [0.1, 0.15) is 11.3 Å². The predicted octanol–water partition coefficient (Wildman–Crippen LogP) is 5.00. The van der Waals surface area contributed by atoms with Gasteiger partial charge in [-0.15, -0.1) is 0 Å². The number of methoxy groups -OCH3 is 1. The lowest BCUT2D eigenvalue weighted by Crippen LogP contribution is -2.59. The van der Waals surface area contributed by atoms with Crippen LogP contribution in [0.1, 0.15) is 76.5 Å². The molecule has 13 nitrogen and oxygen atoms in total. The first-order valence-corrected chi connectivity index (χ1v) is 17.3. The normalized spacial score (nSPS) is 21.6. The second-order valence-corrected chi connectivity index (χ2v) is 15.0. The number of nitrogens with one attached hydrogen (secondary N) is 2. The number of halogens is 2. The number of likely N-dealkylation sites (tertiary alicyclic amines) is 1. The molecule has 2 N–H and O–H groups in total. The number of piperidine rings is 1. The van der Waals surface area contributed by atoms with Crippen LogP contribution in [-0.4, -0.2) is 104 Å². The fourth-order valence-electron chi connectivity index (χ4n) is 7.09. The molecule has 3 atom stereocenters. The van der Waals surface area contributed by atoms with E-state index >= 15 is 0 Å². The van der Waals surface area contributed by atoms with Crippen LogP contribution in [0, 0.1) is 5.82 Å². The molecule has 6 rings (SSSR count). The maximum absolute atomic E-state index is 14.5. The Morgan fingerprint density at radius 3 is 2.46 bits per heavy atom. The summed E-state index contributed by atoms with van der Waals surface area (Å²) < 4.78 is 25.2. The van der Waals surface area contributed by atoms with Crippen molar-refractivity contribution in [3.63, 3.8) is 0 Å². The Hall–Kier alpha value is -4.46. The van der Waals surface area contributed by atoms with Crippen LogP contribution in [0.25, 0.3) is 11.3 Å². The van der Waals surface area contributed by atoms with Crippen LogP contribution in [0.15, 0.2) is 30.6 Å². The Kier molecular flexibility index (Phi) is 9.68. The third-order valence-electron chi connectivity index (χ3n) is 9.58. The SMILES string of the molecule is COc1cc(-c2cc(C(=O)N3CC[C@H](NC(=O)Cc4ncc(N5CC(C)N(C(=O)OC(C)(C)C)C(C)C5)cc4Cl)CC34CC4)[nH]n2)c(F)cn1. The van der Waals surface area contributed by atoms with Crippen molar-refractivity contribution < 1.29 is 28.2 Å². The van der Waals surface area contributed by atoms with E-state index in [2.05, 4.69) is 30.4 Å². The van der Waals surface area contributed by atoms with E-state index in [1.807, 2.05) is 45.6 Å². The molecule has 3 aromatic heterocycles. The number of piperazine rings is 1. The highest BCUT2D eigenvalue weighted by Gasteiger charge is 2.54. The molecule has 1 aliphatic carbocycles. The average Bonchev–Trinajstić information content (AvgIpc) is 3.61. The lowest BCUT2D eigenvalue weighted by Gasteiger charge is -2.45. The first kappa shape index (κ1) is 35.4. The van der Waals surface area contributed by atoms with Crippen LogP contribution in [0.5, 0.6) is 5.88 Å². The van der Waals surface area contributed by atoms with Gasteiger partial charge in [-0.2, -0.15) is 5.10 Å². The Bertz CT molecular complexity index is 1760. The molecular weight excluding hydrogens is 667 g/mol. The molecule has 0 aromatic carbocycles. The van der Waals surface area contributed by atoms with E-state index in [9.17, 15) is 18.8 Å². The van der Waals surface area contributed by atoms with Gasteiger partial charge in [0.15, 0.2) is 5.82 Å². The van der Waals surface area contributed by atoms with Crippen LogP contribution in [0.2, 0.25) is 5.02 Å². The van der Waals surface area contributed by atoms with Gasteiger partial charge in [0.25, 0.3) is 5.91 Å². The number of carbonyl (C=O) groups excluding carboxylic acids is 3. The van der Waals surface area contributed by atoms with E-state index in [0.717, 1.165) is 24.7 Å². The Morgan fingerprint density at radius 1 is 1.10 bits per heavy atom. The number of amides is 3. The van der Waals surface area contributed by atoms with E-state index in [4.69, 9.17) is 21.1 Å². The van der Waals surface area contributed by atoms with Gasteiger partial charge in [0.05, 0.1) is 60.1 Å². The highest BCUT2D eigenvalue weighted by molar-refractivity contribution is 6.31. The number of H-pyrrole nitrogens is 1. The Morgan fingerprint density at radius 2 is 1.82 bits per heavy atom. The molecule has 3 amide bonds. The summed E-state index contributed by atoms with van der Waals surface area (Å²) in [5.41, 5.74) is 1.11. The molecule has 0 radical (unpaired) electrons. The summed E-state index contributed by atoms with van der Waals surface area (Å²) in [6.07, 6.45) is 5.36. The minimum absolute atomic E-state index is 0.0256. The number of ether oxygens (including phenoxy) is 2. The van der Waals surface area contributed by atoms with Crippen molar-refractivity contribution in [2.45, 2.75) is 96.0 Å². The van der Waals surface area contributed by atoms with Crippen molar-refractivity contribution in [3.05, 3.63) is 52.8 Å². The van der Waals surface area contributed by atoms with Crippen LogP contribution in [0.3, 0.4) is 0 Å². The van der Waals surface area contributed by atoms with Crippen molar-refractivity contribution >= 4 is 35.2 Å². The van der Waals surface area contributed by atoms with Crippen molar-refractivity contribution in [3.8, 4) is 17.1 Å². The molecule has 1 saturated carbocycles. The quantitative estimate of drug-likeness (QED) is 0.346. The zero-order valence-electron chi connectivity index (χ0n) is 29.3. The number of hydrogen-bond donors (Lipinski definition) is 2. The molecule has 1 spiro atoms. The second-order valence-electron chi connectivity index (χ2n) is 14.6. The number of pyridine rings is 2. The van der Waals surface area contributed by atoms with Crippen LogP contribution < -0.4 is 15.0 Å². The molecule has 3 aliphatic rings. The zero-order chi connectivity index (χ0) is 36.0. The van der Waals surface area contributed by atoms with Gasteiger partial charge in [0.2, 0.25) is 11.8 Å². The summed E-state index contributed by atoms with van der Waals surface area (Å²) in [7, 11) is 1.44. The van der Waals surface area contributed by atoms with Gasteiger partial charge in [-0.3, -0.25) is 24.6 Å². The average molecular weight is 711 g/mol. The molecule has 3 aromatic rings. The van der Waals surface area contributed by atoms with Crippen molar-refractivity contribution in [2.24, 2.45) is 0 Å². The summed E-state index contributed by atoms with van der Waals surface area (Å²) >= 11 is 6.66. The Balaban J connectivity index is 1.03. The number of rotatable bonds is 7. The minimum Gasteiger partial charge on any atom is -0.481 e. The summed E-state index contributed by atoms with van der Waals surface area (Å²) in [6, 6.07) is 4.51. The van der Waals surface area contributed by atoms with Gasteiger partial charge in [-0.05, 0) is 72.4 Å². The largest absolute Gasteiger partial charge is 0.481 e. The molecule has 0 bridgehead atoms. The Labute approximate surface area is 295 Å². The summed E-state index contributed by atoms with van der Waals surface area (Å²) in [4.78, 5) is 53.7. The van der Waals surface area contributed by atoms with E-state index in [1.54, 1.807) is 11.1 Å². The highest BCUT2D eigenvalue weighted by Crippen LogP contribution is 2.49. The van der Waals surface area contributed by atoms with E-state index < -0.39 is 11.4 Å². The third kappa shape index (κ3) is 7.49. The van der Waals surface area contributed by atoms with Crippen LogP contribution in [-0.2, 0) is 16.0 Å². The van der Waals surface area contributed by atoms with Gasteiger partial charge in [-0.25, -0.2) is 14.2 Å².